The Morgan fingerprint density at radius 1 is 1.11 bits per heavy atom. The van der Waals surface area contributed by atoms with Gasteiger partial charge in [0.25, 0.3) is 11.5 Å². The Labute approximate surface area is 200 Å². The molecule has 184 valence electrons. The first kappa shape index (κ1) is 23.1. The largest absolute Gasteiger partial charge is 0.733 e. The molecule has 10 heteroatoms. The number of carbonyl (C=O) groups is 1. The maximum atomic E-state index is 13.0. The number of fused-ring (bicyclic) bond motifs is 5. The number of aryl methyl sites for hydroxylation is 2. The molecular weight excluding hydrogens is 454 g/mol. The molecule has 2 aliphatic rings. The molecule has 4 heterocycles. The highest BCUT2D eigenvalue weighted by Gasteiger charge is 2.36. The summed E-state index contributed by atoms with van der Waals surface area (Å²) in [6, 6.07) is 6.59. The third-order valence-electron chi connectivity index (χ3n) is 7.32. The van der Waals surface area contributed by atoms with E-state index in [-0.39, 0.29) is 35.7 Å². The molecule has 2 aliphatic heterocycles. The normalized spacial score (nSPS) is 18.9. The van der Waals surface area contributed by atoms with Crippen LogP contribution >= 0.6 is 0 Å². The molecule has 1 fully saturated rings. The molecule has 3 aromatic rings. The molecule has 2 atom stereocenters. The van der Waals surface area contributed by atoms with Crippen LogP contribution in [0.1, 0.15) is 34.7 Å². The summed E-state index contributed by atoms with van der Waals surface area (Å²) in [5.74, 6) is 0.314. The van der Waals surface area contributed by atoms with Crippen LogP contribution < -0.4 is 21.1 Å². The minimum atomic E-state index is -0.526. The van der Waals surface area contributed by atoms with Gasteiger partial charge in [0, 0.05) is 47.8 Å². The first-order valence-corrected chi connectivity index (χ1v) is 11.5. The first-order valence-electron chi connectivity index (χ1n) is 11.5. The molecule has 0 saturated carbocycles. The summed E-state index contributed by atoms with van der Waals surface area (Å²) in [6.45, 7) is 6.51. The molecule has 0 radical (unpaired) electrons. The Morgan fingerprint density at radius 3 is 2.63 bits per heavy atom. The van der Waals surface area contributed by atoms with Crippen molar-refractivity contribution in [3.63, 3.8) is 0 Å². The van der Waals surface area contributed by atoms with Crippen molar-refractivity contribution in [1.29, 1.82) is 0 Å². The molecule has 1 aromatic carbocycles. The topological polar surface area (TPSA) is 128 Å². The fourth-order valence-corrected chi connectivity index (χ4v) is 5.30. The molecule has 0 aliphatic carbocycles. The molecule has 35 heavy (non-hydrogen) atoms. The number of pyridine rings is 1. The van der Waals surface area contributed by atoms with Gasteiger partial charge in [0.1, 0.15) is 17.0 Å². The number of benzene rings is 1. The molecule has 2 aromatic heterocycles. The van der Waals surface area contributed by atoms with E-state index in [1.807, 2.05) is 13.0 Å². The zero-order valence-electron chi connectivity index (χ0n) is 19.7. The molecule has 0 unspecified atom stereocenters. The van der Waals surface area contributed by atoms with Gasteiger partial charge in [0.05, 0.1) is 0 Å². The molecular formula is C25H26N3O7-. The lowest BCUT2D eigenvalue weighted by molar-refractivity contribution is -0.136. The molecule has 1 saturated heterocycles. The van der Waals surface area contributed by atoms with E-state index in [4.69, 9.17) is 9.15 Å². The van der Waals surface area contributed by atoms with Crippen LogP contribution in [0.2, 0.25) is 0 Å². The minimum absolute atomic E-state index is 0.0464. The smallest absolute Gasteiger partial charge is 0.339 e. The van der Waals surface area contributed by atoms with Crippen LogP contribution in [0.25, 0.3) is 11.0 Å². The van der Waals surface area contributed by atoms with E-state index in [9.17, 15) is 24.8 Å². The van der Waals surface area contributed by atoms with E-state index in [1.165, 1.54) is 10.6 Å². The van der Waals surface area contributed by atoms with Crippen molar-refractivity contribution in [2.45, 2.75) is 39.7 Å². The lowest BCUT2D eigenvalue weighted by Gasteiger charge is -2.43. The summed E-state index contributed by atoms with van der Waals surface area (Å²) in [6.07, 6.45) is 0.839. The molecule has 1 amide bonds. The number of amides is 1. The predicted octanol–water partition coefficient (Wildman–Crippen LogP) is 2.60. The number of hydrogen-bond acceptors (Lipinski definition) is 8. The molecule has 1 N–H and O–H groups in total. The highest BCUT2D eigenvalue weighted by atomic mass is 16.8. The van der Waals surface area contributed by atoms with Gasteiger partial charge in [-0.2, -0.15) is 0 Å². The van der Waals surface area contributed by atoms with Crippen LogP contribution in [0, 0.1) is 31.9 Å². The SMILES string of the molecule is Cc1c(C)c2ccc(OCC(=O)N3C[C@@H]4C[C@@H](C3)c3ccc(N([O-])O)c(=O)n3C4)c(C)c2oc1=O. The van der Waals surface area contributed by atoms with E-state index in [2.05, 4.69) is 0 Å². The van der Waals surface area contributed by atoms with Crippen molar-refractivity contribution in [1.82, 2.24) is 9.47 Å². The van der Waals surface area contributed by atoms with E-state index in [0.29, 0.717) is 42.1 Å². The summed E-state index contributed by atoms with van der Waals surface area (Å²) in [5.41, 5.74) is 2.06. The third-order valence-corrected chi connectivity index (χ3v) is 7.32. The van der Waals surface area contributed by atoms with Crippen molar-refractivity contribution in [2.75, 3.05) is 24.9 Å². The van der Waals surface area contributed by atoms with E-state index >= 15 is 0 Å². The summed E-state index contributed by atoms with van der Waals surface area (Å²) in [7, 11) is 0. The number of piperidine rings is 1. The molecule has 0 spiro atoms. The maximum absolute atomic E-state index is 13.0. The number of nitrogens with zero attached hydrogens (tertiary/aromatic N) is 3. The van der Waals surface area contributed by atoms with Gasteiger partial charge in [-0.15, -0.1) is 0 Å². The molecule has 10 nitrogen and oxygen atoms in total. The summed E-state index contributed by atoms with van der Waals surface area (Å²) in [5, 5.41) is 20.8. The summed E-state index contributed by atoms with van der Waals surface area (Å²) >= 11 is 0. The van der Waals surface area contributed by atoms with Crippen LogP contribution in [0.4, 0.5) is 5.69 Å². The highest BCUT2D eigenvalue weighted by Crippen LogP contribution is 2.36. The minimum Gasteiger partial charge on any atom is -0.733 e. The van der Waals surface area contributed by atoms with Crippen LogP contribution in [0.15, 0.2) is 38.3 Å². The van der Waals surface area contributed by atoms with Crippen molar-refractivity contribution in [3.05, 3.63) is 72.6 Å². The lowest BCUT2D eigenvalue weighted by atomic mass is 9.83. The average Bonchev–Trinajstić information content (AvgIpc) is 2.82. The van der Waals surface area contributed by atoms with Gasteiger partial charge in [-0.1, -0.05) is 0 Å². The second-order valence-electron chi connectivity index (χ2n) is 9.42. The van der Waals surface area contributed by atoms with Gasteiger partial charge >= 0.3 is 5.63 Å². The number of likely N-dealkylation sites (tertiary alicyclic amines) is 1. The van der Waals surface area contributed by atoms with Crippen molar-refractivity contribution < 1.29 is 19.2 Å². The van der Waals surface area contributed by atoms with Gasteiger partial charge in [0.15, 0.2) is 6.61 Å². The number of hydrogen-bond donors (Lipinski definition) is 1. The first-order chi connectivity index (χ1) is 16.7. The van der Waals surface area contributed by atoms with Crippen molar-refractivity contribution in [3.8, 4) is 5.75 Å². The fraction of sp³-hybridized carbons (Fsp3) is 0.400. The van der Waals surface area contributed by atoms with Gasteiger partial charge in [0.2, 0.25) is 0 Å². The van der Waals surface area contributed by atoms with Crippen LogP contribution in [-0.4, -0.2) is 40.3 Å². The predicted molar refractivity (Wildman–Crippen MR) is 128 cm³/mol. The van der Waals surface area contributed by atoms with E-state index < -0.39 is 10.8 Å². The maximum Gasteiger partial charge on any atom is 0.339 e. The summed E-state index contributed by atoms with van der Waals surface area (Å²) < 4.78 is 12.9. The second-order valence-corrected chi connectivity index (χ2v) is 9.42. The zero-order chi connectivity index (χ0) is 25.0. The Morgan fingerprint density at radius 2 is 1.89 bits per heavy atom. The zero-order valence-corrected chi connectivity index (χ0v) is 19.7. The van der Waals surface area contributed by atoms with Crippen LogP contribution in [-0.2, 0) is 11.3 Å². The quantitative estimate of drug-likeness (QED) is 0.446. The highest BCUT2D eigenvalue weighted by molar-refractivity contribution is 5.86. The Bertz CT molecular complexity index is 1460. The van der Waals surface area contributed by atoms with E-state index in [0.717, 1.165) is 23.1 Å². The summed E-state index contributed by atoms with van der Waals surface area (Å²) in [4.78, 5) is 39.5. The fourth-order valence-electron chi connectivity index (χ4n) is 5.30. The van der Waals surface area contributed by atoms with Gasteiger partial charge in [-0.3, -0.25) is 14.8 Å². The number of anilines is 1. The standard InChI is InChI=1S/C25H26N3O7/c1-13-14(2)25(31)35-23-15(3)21(7-4-18(13)23)34-12-22(29)26-9-16-8-17(11-26)19-5-6-20(28(32)33)24(30)27(19)10-16/h4-7,16-17,32H,8-12H2,1-3H3/q-1/t16-,17-/m0/s1. The molecule has 2 bridgehead atoms. The number of carbonyl (C=O) groups excluding carboxylic acids is 1. The van der Waals surface area contributed by atoms with E-state index in [1.54, 1.807) is 30.9 Å². The Hall–Kier alpha value is -3.63. The number of ether oxygens (including phenoxy) is 1. The van der Waals surface area contributed by atoms with Gasteiger partial charge in [-0.05, 0) is 62.9 Å². The average molecular weight is 480 g/mol. The van der Waals surface area contributed by atoms with Gasteiger partial charge in [-0.25, -0.2) is 4.79 Å². The number of aromatic nitrogens is 1. The third kappa shape index (κ3) is 3.88. The van der Waals surface area contributed by atoms with Gasteiger partial charge < -0.3 is 29.1 Å². The Balaban J connectivity index is 1.33. The second kappa shape index (κ2) is 8.54. The number of rotatable bonds is 4. The Kier molecular flexibility index (Phi) is 5.65. The van der Waals surface area contributed by atoms with Crippen LogP contribution in [0.5, 0.6) is 5.75 Å². The molecule has 5 rings (SSSR count). The lowest BCUT2D eigenvalue weighted by Crippen LogP contribution is -2.50. The van der Waals surface area contributed by atoms with Crippen molar-refractivity contribution in [2.24, 2.45) is 5.92 Å². The van der Waals surface area contributed by atoms with Crippen molar-refractivity contribution >= 4 is 22.6 Å². The monoisotopic (exact) mass is 480 g/mol. The van der Waals surface area contributed by atoms with Crippen LogP contribution in [0.3, 0.4) is 0 Å².